The van der Waals surface area contributed by atoms with Crippen LogP contribution in [0.2, 0.25) is 0 Å². The monoisotopic (exact) mass is 269 g/mol. The van der Waals surface area contributed by atoms with Gasteiger partial charge in [0, 0.05) is 6.26 Å². The number of sulfone groups is 1. The molecule has 1 atom stereocenters. The van der Waals surface area contributed by atoms with E-state index in [-0.39, 0.29) is 5.60 Å². The summed E-state index contributed by atoms with van der Waals surface area (Å²) < 4.78 is 29.0. The van der Waals surface area contributed by atoms with Crippen LogP contribution in [0.3, 0.4) is 0 Å². The predicted molar refractivity (Wildman–Crippen MR) is 71.9 cm³/mol. The first-order valence-corrected chi connectivity index (χ1v) is 7.88. The molecular weight excluding hydrogens is 250 g/mol. The highest BCUT2D eigenvalue weighted by Gasteiger charge is 2.34. The lowest BCUT2D eigenvalue weighted by Gasteiger charge is -2.39. The summed E-state index contributed by atoms with van der Waals surface area (Å²) in [5, 5.41) is 3.26. The quantitative estimate of drug-likeness (QED) is 0.895. The van der Waals surface area contributed by atoms with Crippen LogP contribution in [-0.2, 0) is 9.84 Å². The SMILES string of the molecule is CC(C)C1(C)CNc2cc(S(C)(=O)=O)ccc2O1. The zero-order valence-electron chi connectivity index (χ0n) is 11.1. The van der Waals surface area contributed by atoms with Crippen molar-refractivity contribution in [2.75, 3.05) is 18.1 Å². The lowest BCUT2D eigenvalue weighted by Crippen LogP contribution is -2.47. The first kappa shape index (κ1) is 13.2. The lowest BCUT2D eigenvalue weighted by molar-refractivity contribution is 0.0475. The first-order valence-electron chi connectivity index (χ1n) is 5.99. The van der Waals surface area contributed by atoms with Crippen LogP contribution < -0.4 is 10.1 Å². The largest absolute Gasteiger partial charge is 0.483 e. The van der Waals surface area contributed by atoms with Crippen molar-refractivity contribution >= 4 is 15.5 Å². The van der Waals surface area contributed by atoms with Gasteiger partial charge in [0.2, 0.25) is 0 Å². The summed E-state index contributed by atoms with van der Waals surface area (Å²) in [5.74, 6) is 1.08. The van der Waals surface area contributed by atoms with Crippen LogP contribution in [0.5, 0.6) is 5.75 Å². The van der Waals surface area contributed by atoms with E-state index in [2.05, 4.69) is 26.1 Å². The van der Waals surface area contributed by atoms with Gasteiger partial charge in [0.25, 0.3) is 0 Å². The molecule has 4 nitrogen and oxygen atoms in total. The fourth-order valence-corrected chi connectivity index (χ4v) is 2.49. The summed E-state index contributed by atoms with van der Waals surface area (Å²) in [7, 11) is -3.18. The Morgan fingerprint density at radius 1 is 1.39 bits per heavy atom. The predicted octanol–water partition coefficient (Wildman–Crippen LogP) is 2.31. The molecular formula is C13H19NO3S. The summed E-state index contributed by atoms with van der Waals surface area (Å²) >= 11 is 0. The summed E-state index contributed by atoms with van der Waals surface area (Å²) in [5.41, 5.74) is 0.482. The molecule has 18 heavy (non-hydrogen) atoms. The maximum Gasteiger partial charge on any atom is 0.175 e. The Hall–Kier alpha value is -1.23. The normalized spacial score (nSPS) is 23.2. The Bertz CT molecular complexity index is 566. The molecule has 0 saturated carbocycles. The standard InChI is InChI=1S/C13H19NO3S/c1-9(2)13(3)8-14-11-7-10(18(4,15)16)5-6-12(11)17-13/h5-7,9,14H,8H2,1-4H3. The van der Waals surface area contributed by atoms with Crippen LogP contribution in [0.25, 0.3) is 0 Å². The Labute approximate surface area is 108 Å². The molecule has 0 aliphatic carbocycles. The minimum atomic E-state index is -3.18. The van der Waals surface area contributed by atoms with Crippen molar-refractivity contribution in [1.82, 2.24) is 0 Å². The third-order valence-electron chi connectivity index (χ3n) is 3.57. The minimum Gasteiger partial charge on any atom is -0.483 e. The summed E-state index contributed by atoms with van der Waals surface area (Å²) in [6, 6.07) is 4.94. The average Bonchev–Trinajstić information content (AvgIpc) is 2.26. The number of hydrogen-bond donors (Lipinski definition) is 1. The molecule has 5 heteroatoms. The molecule has 0 radical (unpaired) electrons. The van der Waals surface area contributed by atoms with E-state index in [1.165, 1.54) is 6.26 Å². The van der Waals surface area contributed by atoms with Crippen LogP contribution in [0.4, 0.5) is 5.69 Å². The third-order valence-corrected chi connectivity index (χ3v) is 4.68. The second-order valence-electron chi connectivity index (χ2n) is 5.35. The Morgan fingerprint density at radius 2 is 2.06 bits per heavy atom. The molecule has 0 saturated heterocycles. The van der Waals surface area contributed by atoms with E-state index < -0.39 is 9.84 Å². The molecule has 1 aromatic rings. The maximum atomic E-state index is 11.5. The van der Waals surface area contributed by atoms with Crippen molar-refractivity contribution in [2.24, 2.45) is 5.92 Å². The molecule has 100 valence electrons. The van der Waals surface area contributed by atoms with Crippen molar-refractivity contribution in [3.05, 3.63) is 18.2 Å². The number of rotatable bonds is 2. The van der Waals surface area contributed by atoms with Gasteiger partial charge < -0.3 is 10.1 Å². The van der Waals surface area contributed by atoms with Crippen LogP contribution >= 0.6 is 0 Å². The molecule has 1 aliphatic heterocycles. The van der Waals surface area contributed by atoms with Crippen molar-refractivity contribution in [1.29, 1.82) is 0 Å². The van der Waals surface area contributed by atoms with Gasteiger partial charge in [-0.15, -0.1) is 0 Å². The zero-order valence-corrected chi connectivity index (χ0v) is 12.0. The van der Waals surface area contributed by atoms with Crippen LogP contribution in [-0.4, -0.2) is 26.8 Å². The smallest absolute Gasteiger partial charge is 0.175 e. The summed E-state index contributed by atoms with van der Waals surface area (Å²) in [6.07, 6.45) is 1.21. The molecule has 1 heterocycles. The summed E-state index contributed by atoms with van der Waals surface area (Å²) in [6.45, 7) is 6.94. The van der Waals surface area contributed by atoms with E-state index in [9.17, 15) is 8.42 Å². The van der Waals surface area contributed by atoms with E-state index in [4.69, 9.17) is 4.74 Å². The van der Waals surface area contributed by atoms with E-state index in [0.29, 0.717) is 23.1 Å². The highest BCUT2D eigenvalue weighted by molar-refractivity contribution is 7.90. The molecule has 1 aliphatic rings. The van der Waals surface area contributed by atoms with Gasteiger partial charge in [-0.1, -0.05) is 13.8 Å². The van der Waals surface area contributed by atoms with E-state index in [1.807, 2.05) is 0 Å². The molecule has 1 N–H and O–H groups in total. The van der Waals surface area contributed by atoms with Gasteiger partial charge in [0.05, 0.1) is 17.1 Å². The second kappa shape index (κ2) is 4.16. The molecule has 1 unspecified atom stereocenters. The number of hydrogen-bond acceptors (Lipinski definition) is 4. The maximum absolute atomic E-state index is 11.5. The van der Waals surface area contributed by atoms with Gasteiger partial charge in [-0.2, -0.15) is 0 Å². The van der Waals surface area contributed by atoms with Crippen molar-refractivity contribution < 1.29 is 13.2 Å². The number of fused-ring (bicyclic) bond motifs is 1. The van der Waals surface area contributed by atoms with Crippen LogP contribution in [0.1, 0.15) is 20.8 Å². The number of anilines is 1. The van der Waals surface area contributed by atoms with E-state index in [1.54, 1.807) is 18.2 Å². The highest BCUT2D eigenvalue weighted by atomic mass is 32.2. The van der Waals surface area contributed by atoms with Crippen molar-refractivity contribution in [3.63, 3.8) is 0 Å². The fraction of sp³-hybridized carbons (Fsp3) is 0.538. The van der Waals surface area contributed by atoms with Gasteiger partial charge in [-0.25, -0.2) is 8.42 Å². The number of ether oxygens (including phenoxy) is 1. The molecule has 0 amide bonds. The average molecular weight is 269 g/mol. The molecule has 0 aromatic heterocycles. The summed E-state index contributed by atoms with van der Waals surface area (Å²) in [4.78, 5) is 0.311. The minimum absolute atomic E-state index is 0.264. The zero-order chi connectivity index (χ0) is 13.6. The molecule has 1 aromatic carbocycles. The van der Waals surface area contributed by atoms with Crippen molar-refractivity contribution in [3.8, 4) is 5.75 Å². The van der Waals surface area contributed by atoms with Gasteiger partial charge in [0.15, 0.2) is 9.84 Å². The molecule has 0 bridgehead atoms. The number of nitrogens with one attached hydrogen (secondary N) is 1. The number of benzene rings is 1. The van der Waals surface area contributed by atoms with Gasteiger partial charge in [-0.3, -0.25) is 0 Å². The fourth-order valence-electron chi connectivity index (χ4n) is 1.85. The molecule has 0 spiro atoms. The van der Waals surface area contributed by atoms with Gasteiger partial charge in [0.1, 0.15) is 11.4 Å². The highest BCUT2D eigenvalue weighted by Crippen LogP contribution is 2.37. The Kier molecular flexibility index (Phi) is 3.05. The van der Waals surface area contributed by atoms with Crippen LogP contribution in [0.15, 0.2) is 23.1 Å². The second-order valence-corrected chi connectivity index (χ2v) is 7.37. The molecule has 2 rings (SSSR count). The Morgan fingerprint density at radius 3 is 2.61 bits per heavy atom. The van der Waals surface area contributed by atoms with Gasteiger partial charge >= 0.3 is 0 Å². The van der Waals surface area contributed by atoms with Crippen LogP contribution in [0, 0.1) is 5.92 Å². The Balaban J connectivity index is 2.38. The van der Waals surface area contributed by atoms with E-state index in [0.717, 1.165) is 5.69 Å². The topological polar surface area (TPSA) is 55.4 Å². The van der Waals surface area contributed by atoms with Crippen molar-refractivity contribution in [2.45, 2.75) is 31.3 Å². The third kappa shape index (κ3) is 2.32. The van der Waals surface area contributed by atoms with E-state index >= 15 is 0 Å². The lowest BCUT2D eigenvalue weighted by atomic mass is 9.91. The molecule has 0 fully saturated rings. The van der Waals surface area contributed by atoms with Gasteiger partial charge in [-0.05, 0) is 31.0 Å². The first-order chi connectivity index (χ1) is 8.22.